The molecular formula is C19H17ClF4N2O3S. The Morgan fingerprint density at radius 2 is 1.60 bits per heavy atom. The van der Waals surface area contributed by atoms with Gasteiger partial charge in [-0.1, -0.05) is 17.7 Å². The van der Waals surface area contributed by atoms with Gasteiger partial charge in [0.1, 0.15) is 5.82 Å². The smallest absolute Gasteiger partial charge is 0.336 e. The summed E-state index contributed by atoms with van der Waals surface area (Å²) in [6.45, 7) is 1.85. The first kappa shape index (κ1) is 22.5. The van der Waals surface area contributed by atoms with Crippen LogP contribution in [0.1, 0.15) is 15.9 Å². The van der Waals surface area contributed by atoms with Gasteiger partial charge in [0.2, 0.25) is 0 Å². The molecule has 0 N–H and O–H groups in total. The first-order valence-electron chi connectivity index (χ1n) is 8.86. The molecule has 0 unspecified atom stereocenters. The van der Waals surface area contributed by atoms with Crippen LogP contribution in [0.15, 0.2) is 47.4 Å². The minimum atomic E-state index is -5.46. The zero-order valence-corrected chi connectivity index (χ0v) is 17.1. The van der Waals surface area contributed by atoms with Crippen LogP contribution in [0.5, 0.6) is 0 Å². The van der Waals surface area contributed by atoms with Gasteiger partial charge >= 0.3 is 5.51 Å². The van der Waals surface area contributed by atoms with Crippen LogP contribution in [0, 0.1) is 5.82 Å². The van der Waals surface area contributed by atoms with Gasteiger partial charge in [-0.3, -0.25) is 9.69 Å². The third-order valence-corrected chi connectivity index (χ3v) is 6.68. The molecule has 1 aliphatic rings. The molecule has 0 spiro atoms. The van der Waals surface area contributed by atoms with E-state index in [1.807, 2.05) is 4.90 Å². The Morgan fingerprint density at radius 1 is 1.00 bits per heavy atom. The number of sulfone groups is 1. The average Bonchev–Trinajstić information content (AvgIpc) is 2.70. The van der Waals surface area contributed by atoms with Crippen LogP contribution in [0.4, 0.5) is 17.6 Å². The van der Waals surface area contributed by atoms with E-state index in [1.165, 1.54) is 17.0 Å². The summed E-state index contributed by atoms with van der Waals surface area (Å²) in [5, 5.41) is 0.322. The van der Waals surface area contributed by atoms with Crippen molar-refractivity contribution < 1.29 is 30.8 Å². The highest BCUT2D eigenvalue weighted by Crippen LogP contribution is 2.30. The Bertz CT molecular complexity index is 1010. The van der Waals surface area contributed by atoms with Gasteiger partial charge in [0.15, 0.2) is 0 Å². The van der Waals surface area contributed by atoms with Crippen molar-refractivity contribution in [3.63, 3.8) is 0 Å². The monoisotopic (exact) mass is 464 g/mol. The van der Waals surface area contributed by atoms with Gasteiger partial charge in [0.05, 0.1) is 4.90 Å². The van der Waals surface area contributed by atoms with Gasteiger partial charge in [0.25, 0.3) is 15.7 Å². The second-order valence-corrected chi connectivity index (χ2v) is 9.09. The maximum Gasteiger partial charge on any atom is 0.501 e. The summed E-state index contributed by atoms with van der Waals surface area (Å²) in [6.07, 6.45) is 0. The fourth-order valence-electron chi connectivity index (χ4n) is 3.11. The molecule has 1 saturated heterocycles. The van der Waals surface area contributed by atoms with Gasteiger partial charge < -0.3 is 4.90 Å². The van der Waals surface area contributed by atoms with E-state index >= 15 is 0 Å². The molecule has 0 saturated carbocycles. The number of hydrogen-bond donors (Lipinski definition) is 0. The number of benzene rings is 2. The van der Waals surface area contributed by atoms with Crippen LogP contribution in [0.3, 0.4) is 0 Å². The van der Waals surface area contributed by atoms with Crippen molar-refractivity contribution in [2.45, 2.75) is 16.9 Å². The standard InChI is InChI=1S/C19H17ClF4N2O3S/c20-16-2-1-3-17(21)15(16)12-25-8-10-26(11-9-25)18(27)13-4-6-14(7-5-13)30(28,29)19(22,23)24/h1-7H,8-12H2. The number of rotatable bonds is 4. The molecule has 0 aromatic heterocycles. The molecule has 2 aromatic rings. The largest absolute Gasteiger partial charge is 0.501 e. The molecule has 5 nitrogen and oxygen atoms in total. The minimum absolute atomic E-state index is 0.0849. The molecule has 162 valence electrons. The Hall–Kier alpha value is -2.17. The average molecular weight is 465 g/mol. The second-order valence-electron chi connectivity index (χ2n) is 6.74. The first-order chi connectivity index (χ1) is 14.0. The molecule has 1 aliphatic heterocycles. The van der Waals surface area contributed by atoms with Crippen molar-refractivity contribution in [1.82, 2.24) is 9.80 Å². The zero-order valence-electron chi connectivity index (χ0n) is 15.5. The molecule has 3 rings (SSSR count). The number of carbonyl (C=O) groups excluding carboxylic acids is 1. The quantitative estimate of drug-likeness (QED) is 0.647. The van der Waals surface area contributed by atoms with Crippen LogP contribution in [0.25, 0.3) is 0 Å². The molecule has 30 heavy (non-hydrogen) atoms. The number of nitrogens with zero attached hydrogens (tertiary/aromatic N) is 2. The fourth-order valence-corrected chi connectivity index (χ4v) is 4.09. The second kappa shape index (κ2) is 8.52. The molecule has 0 aliphatic carbocycles. The van der Waals surface area contributed by atoms with E-state index in [4.69, 9.17) is 11.6 Å². The van der Waals surface area contributed by atoms with Crippen LogP contribution < -0.4 is 0 Å². The van der Waals surface area contributed by atoms with Crippen LogP contribution in [0.2, 0.25) is 5.02 Å². The number of amides is 1. The highest BCUT2D eigenvalue weighted by molar-refractivity contribution is 7.92. The number of hydrogen-bond acceptors (Lipinski definition) is 4. The van der Waals surface area contributed by atoms with E-state index < -0.39 is 32.0 Å². The molecule has 0 bridgehead atoms. The molecule has 0 radical (unpaired) electrons. The highest BCUT2D eigenvalue weighted by atomic mass is 35.5. The van der Waals surface area contributed by atoms with Gasteiger partial charge in [-0.25, -0.2) is 12.8 Å². The van der Waals surface area contributed by atoms with E-state index in [-0.39, 0.29) is 12.1 Å². The van der Waals surface area contributed by atoms with Gasteiger partial charge in [0, 0.05) is 48.9 Å². The van der Waals surface area contributed by atoms with Gasteiger partial charge in [-0.15, -0.1) is 0 Å². The number of halogens is 5. The zero-order chi connectivity index (χ0) is 22.1. The van der Waals surface area contributed by atoms with Crippen LogP contribution in [-0.2, 0) is 16.4 Å². The molecule has 1 fully saturated rings. The maximum atomic E-state index is 13.9. The predicted octanol–water partition coefficient (Wildman–Crippen LogP) is 3.73. The highest BCUT2D eigenvalue weighted by Gasteiger charge is 2.46. The topological polar surface area (TPSA) is 57.7 Å². The Kier molecular flexibility index (Phi) is 6.40. The lowest BCUT2D eigenvalue weighted by Crippen LogP contribution is -2.48. The van der Waals surface area contributed by atoms with E-state index in [1.54, 1.807) is 6.07 Å². The first-order valence-corrected chi connectivity index (χ1v) is 10.7. The normalized spacial score (nSPS) is 16.0. The molecule has 2 aromatic carbocycles. The van der Waals surface area contributed by atoms with E-state index in [0.29, 0.717) is 36.8 Å². The van der Waals surface area contributed by atoms with Crippen LogP contribution in [-0.4, -0.2) is 55.8 Å². The summed E-state index contributed by atoms with van der Waals surface area (Å²) in [4.78, 5) is 15.1. The summed E-state index contributed by atoms with van der Waals surface area (Å²) in [5.74, 6) is -0.829. The lowest BCUT2D eigenvalue weighted by atomic mass is 10.1. The van der Waals surface area contributed by atoms with Crippen LogP contribution >= 0.6 is 11.6 Å². The van der Waals surface area contributed by atoms with Gasteiger partial charge in [-0.05, 0) is 36.4 Å². The maximum absolute atomic E-state index is 13.9. The summed E-state index contributed by atoms with van der Waals surface area (Å²) in [6, 6.07) is 8.10. The predicted molar refractivity (Wildman–Crippen MR) is 102 cm³/mol. The summed E-state index contributed by atoms with van der Waals surface area (Å²) in [5.41, 5.74) is -4.95. The van der Waals surface area contributed by atoms with Crippen molar-refractivity contribution >= 4 is 27.3 Å². The summed E-state index contributed by atoms with van der Waals surface area (Å²) in [7, 11) is -5.46. The molecule has 1 amide bonds. The number of piperazine rings is 1. The number of alkyl halides is 3. The molecule has 0 atom stereocenters. The fraction of sp³-hybridized carbons (Fsp3) is 0.316. The summed E-state index contributed by atoms with van der Waals surface area (Å²) < 4.78 is 74.6. The van der Waals surface area contributed by atoms with E-state index in [2.05, 4.69) is 0 Å². The Balaban J connectivity index is 1.63. The Morgan fingerprint density at radius 3 is 2.13 bits per heavy atom. The van der Waals surface area contributed by atoms with E-state index in [9.17, 15) is 30.8 Å². The van der Waals surface area contributed by atoms with E-state index in [0.717, 1.165) is 24.3 Å². The Labute approximate surface area is 175 Å². The molecule has 1 heterocycles. The third kappa shape index (κ3) is 4.60. The van der Waals surface area contributed by atoms with Crippen molar-refractivity contribution in [1.29, 1.82) is 0 Å². The summed E-state index contributed by atoms with van der Waals surface area (Å²) >= 11 is 6.04. The van der Waals surface area contributed by atoms with Crippen molar-refractivity contribution in [2.24, 2.45) is 0 Å². The molecular weight excluding hydrogens is 448 g/mol. The molecule has 11 heteroatoms. The number of carbonyl (C=O) groups is 1. The van der Waals surface area contributed by atoms with Crippen molar-refractivity contribution in [3.8, 4) is 0 Å². The van der Waals surface area contributed by atoms with Crippen molar-refractivity contribution in [3.05, 3.63) is 64.4 Å². The van der Waals surface area contributed by atoms with Gasteiger partial charge in [-0.2, -0.15) is 13.2 Å². The minimum Gasteiger partial charge on any atom is -0.336 e. The van der Waals surface area contributed by atoms with Crippen molar-refractivity contribution in [2.75, 3.05) is 26.2 Å². The lowest BCUT2D eigenvalue weighted by molar-refractivity contribution is -0.0436. The third-order valence-electron chi connectivity index (χ3n) is 4.82. The SMILES string of the molecule is O=C(c1ccc(S(=O)(=O)C(F)(F)F)cc1)N1CCN(Cc2c(F)cccc2Cl)CC1. The lowest BCUT2D eigenvalue weighted by Gasteiger charge is -2.35.